The zero-order valence-corrected chi connectivity index (χ0v) is 13.4. The standard InChI is InChI=1S/C12H22INO3/c1-6-12(7-2,9(15)8-13)14-10(16)17-11(3,4)5/h6-8H2,1-5H3,(H,14,16). The Kier molecular flexibility index (Phi) is 6.43. The van der Waals surface area contributed by atoms with Gasteiger partial charge in [-0.2, -0.15) is 0 Å². The first-order valence-electron chi connectivity index (χ1n) is 5.81. The lowest BCUT2D eigenvalue weighted by Crippen LogP contribution is -2.55. The van der Waals surface area contributed by atoms with E-state index in [4.69, 9.17) is 4.74 Å². The van der Waals surface area contributed by atoms with Gasteiger partial charge >= 0.3 is 6.09 Å². The van der Waals surface area contributed by atoms with Crippen LogP contribution in [-0.2, 0) is 9.53 Å². The first-order valence-corrected chi connectivity index (χ1v) is 7.33. The van der Waals surface area contributed by atoms with Gasteiger partial charge in [-0.1, -0.05) is 36.4 Å². The third-order valence-electron chi connectivity index (χ3n) is 2.60. The van der Waals surface area contributed by atoms with Gasteiger partial charge in [0.1, 0.15) is 11.1 Å². The quantitative estimate of drug-likeness (QED) is 0.609. The van der Waals surface area contributed by atoms with Crippen molar-refractivity contribution in [2.45, 2.75) is 58.6 Å². The van der Waals surface area contributed by atoms with Crippen molar-refractivity contribution in [1.29, 1.82) is 0 Å². The summed E-state index contributed by atoms with van der Waals surface area (Å²) >= 11 is 2.02. The van der Waals surface area contributed by atoms with E-state index in [0.717, 1.165) is 0 Å². The Hall–Kier alpha value is -0.330. The lowest BCUT2D eigenvalue weighted by Gasteiger charge is -2.32. The van der Waals surface area contributed by atoms with E-state index < -0.39 is 17.2 Å². The Labute approximate surface area is 117 Å². The maximum atomic E-state index is 11.9. The van der Waals surface area contributed by atoms with Gasteiger partial charge in [0.25, 0.3) is 0 Å². The summed E-state index contributed by atoms with van der Waals surface area (Å²) in [5.41, 5.74) is -1.34. The molecule has 0 aliphatic carbocycles. The number of hydrogen-bond donors (Lipinski definition) is 1. The molecule has 0 aliphatic rings. The van der Waals surface area contributed by atoms with Crippen LogP contribution in [0.5, 0.6) is 0 Å². The van der Waals surface area contributed by atoms with E-state index in [9.17, 15) is 9.59 Å². The van der Waals surface area contributed by atoms with Crippen molar-refractivity contribution in [2.75, 3.05) is 4.43 Å². The predicted octanol–water partition coefficient (Wildman–Crippen LogP) is 3.07. The summed E-state index contributed by atoms with van der Waals surface area (Å²) in [5.74, 6) is 0.0361. The van der Waals surface area contributed by atoms with E-state index >= 15 is 0 Å². The summed E-state index contributed by atoms with van der Waals surface area (Å²) in [4.78, 5) is 23.6. The zero-order chi connectivity index (χ0) is 13.7. The number of ether oxygens (including phenoxy) is 1. The fraction of sp³-hybridized carbons (Fsp3) is 0.833. The van der Waals surface area contributed by atoms with Crippen LogP contribution in [0.1, 0.15) is 47.5 Å². The first-order chi connectivity index (χ1) is 7.70. The molecule has 0 aromatic carbocycles. The SMILES string of the molecule is CCC(CC)(NC(=O)OC(C)(C)C)C(=O)CI. The van der Waals surface area contributed by atoms with Gasteiger partial charge in [-0.15, -0.1) is 0 Å². The summed E-state index contributed by atoms with van der Waals surface area (Å²) in [7, 11) is 0. The maximum Gasteiger partial charge on any atom is 0.408 e. The third-order valence-corrected chi connectivity index (χ3v) is 3.30. The van der Waals surface area contributed by atoms with Crippen molar-refractivity contribution in [3.63, 3.8) is 0 Å². The van der Waals surface area contributed by atoms with E-state index in [1.54, 1.807) is 20.8 Å². The van der Waals surface area contributed by atoms with Crippen LogP contribution >= 0.6 is 22.6 Å². The molecule has 1 N–H and O–H groups in total. The average molecular weight is 355 g/mol. The van der Waals surface area contributed by atoms with Crippen molar-refractivity contribution >= 4 is 34.5 Å². The fourth-order valence-corrected chi connectivity index (χ4v) is 2.25. The molecule has 5 heteroatoms. The molecule has 0 spiro atoms. The molecule has 0 heterocycles. The number of rotatable bonds is 5. The fourth-order valence-electron chi connectivity index (χ4n) is 1.52. The van der Waals surface area contributed by atoms with Crippen LogP contribution in [0.15, 0.2) is 0 Å². The molecule has 0 fully saturated rings. The van der Waals surface area contributed by atoms with Crippen LogP contribution in [-0.4, -0.2) is 27.4 Å². The molecular formula is C12H22INO3. The van der Waals surface area contributed by atoms with Crippen LogP contribution in [0.4, 0.5) is 4.79 Å². The number of nitrogens with one attached hydrogen (secondary N) is 1. The van der Waals surface area contributed by atoms with Crippen LogP contribution in [0.2, 0.25) is 0 Å². The van der Waals surface area contributed by atoms with Gasteiger partial charge in [0.05, 0.1) is 4.43 Å². The second-order valence-electron chi connectivity index (χ2n) is 4.97. The molecular weight excluding hydrogens is 333 g/mol. The van der Waals surface area contributed by atoms with E-state index in [-0.39, 0.29) is 5.78 Å². The molecule has 17 heavy (non-hydrogen) atoms. The number of alkyl carbamates (subject to hydrolysis) is 1. The van der Waals surface area contributed by atoms with Crippen molar-refractivity contribution in [3.8, 4) is 0 Å². The Morgan fingerprint density at radius 1 is 1.18 bits per heavy atom. The van der Waals surface area contributed by atoms with Gasteiger partial charge in [0, 0.05) is 0 Å². The molecule has 0 aromatic rings. The molecule has 0 atom stereocenters. The topological polar surface area (TPSA) is 55.4 Å². The number of ketones is 1. The molecule has 1 amide bonds. The number of halogens is 1. The number of Topliss-reactive ketones (excluding diaryl/α,β-unsaturated/α-hetero) is 1. The van der Waals surface area contributed by atoms with Gasteiger partial charge < -0.3 is 10.1 Å². The van der Waals surface area contributed by atoms with Crippen LogP contribution in [0.3, 0.4) is 0 Å². The number of hydrogen-bond acceptors (Lipinski definition) is 3. The Morgan fingerprint density at radius 3 is 1.94 bits per heavy atom. The first kappa shape index (κ1) is 16.7. The van der Waals surface area contributed by atoms with Crippen LogP contribution in [0, 0.1) is 0 Å². The second kappa shape index (κ2) is 6.56. The zero-order valence-electron chi connectivity index (χ0n) is 11.2. The van der Waals surface area contributed by atoms with Crippen molar-refractivity contribution in [1.82, 2.24) is 5.32 Å². The van der Waals surface area contributed by atoms with Gasteiger partial charge in [0.15, 0.2) is 5.78 Å². The molecule has 0 rings (SSSR count). The van der Waals surface area contributed by atoms with Gasteiger partial charge in [-0.05, 0) is 33.6 Å². The summed E-state index contributed by atoms with van der Waals surface area (Å²) in [6, 6.07) is 0. The van der Waals surface area contributed by atoms with E-state index in [2.05, 4.69) is 5.32 Å². The minimum absolute atomic E-state index is 0.0361. The minimum atomic E-state index is -0.788. The number of amides is 1. The molecule has 0 saturated heterocycles. The predicted molar refractivity (Wildman–Crippen MR) is 76.6 cm³/mol. The Morgan fingerprint density at radius 2 is 1.65 bits per heavy atom. The highest BCUT2D eigenvalue weighted by Gasteiger charge is 2.36. The Bertz CT molecular complexity index is 280. The monoisotopic (exact) mass is 355 g/mol. The molecule has 0 bridgehead atoms. The molecule has 0 aromatic heterocycles. The van der Waals surface area contributed by atoms with Crippen LogP contribution in [0.25, 0.3) is 0 Å². The molecule has 0 radical (unpaired) electrons. The lowest BCUT2D eigenvalue weighted by atomic mass is 9.89. The summed E-state index contributed by atoms with van der Waals surface area (Å²) in [6.07, 6.45) is 0.620. The highest BCUT2D eigenvalue weighted by molar-refractivity contribution is 14.1. The number of carbonyl (C=O) groups is 2. The summed E-state index contributed by atoms with van der Waals surface area (Å²) in [6.45, 7) is 9.18. The second-order valence-corrected chi connectivity index (χ2v) is 5.74. The largest absolute Gasteiger partial charge is 0.444 e. The normalized spacial score (nSPS) is 12.1. The molecule has 0 unspecified atom stereocenters. The van der Waals surface area contributed by atoms with Gasteiger partial charge in [0.2, 0.25) is 0 Å². The van der Waals surface area contributed by atoms with E-state index in [1.807, 2.05) is 36.4 Å². The number of carbonyl (C=O) groups excluding carboxylic acids is 2. The van der Waals surface area contributed by atoms with Crippen molar-refractivity contribution in [3.05, 3.63) is 0 Å². The number of alkyl halides is 1. The van der Waals surface area contributed by atoms with Gasteiger partial charge in [-0.3, -0.25) is 4.79 Å². The summed E-state index contributed by atoms with van der Waals surface area (Å²) in [5, 5.41) is 2.72. The summed E-state index contributed by atoms with van der Waals surface area (Å²) < 4.78 is 5.57. The maximum absolute atomic E-state index is 11.9. The smallest absolute Gasteiger partial charge is 0.408 e. The van der Waals surface area contributed by atoms with Crippen molar-refractivity contribution in [2.24, 2.45) is 0 Å². The molecule has 4 nitrogen and oxygen atoms in total. The molecule has 0 aliphatic heterocycles. The van der Waals surface area contributed by atoms with Crippen LogP contribution < -0.4 is 5.32 Å². The average Bonchev–Trinajstić information content (AvgIpc) is 2.22. The highest BCUT2D eigenvalue weighted by Crippen LogP contribution is 2.19. The minimum Gasteiger partial charge on any atom is -0.444 e. The van der Waals surface area contributed by atoms with E-state index in [0.29, 0.717) is 17.3 Å². The Balaban J connectivity index is 4.77. The molecule has 0 saturated carbocycles. The van der Waals surface area contributed by atoms with Gasteiger partial charge in [-0.25, -0.2) is 4.79 Å². The highest BCUT2D eigenvalue weighted by atomic mass is 127. The third kappa shape index (κ3) is 5.23. The van der Waals surface area contributed by atoms with Crippen molar-refractivity contribution < 1.29 is 14.3 Å². The molecule has 100 valence electrons. The van der Waals surface area contributed by atoms with E-state index in [1.165, 1.54) is 0 Å². The lowest BCUT2D eigenvalue weighted by molar-refractivity contribution is -0.123.